The molecule has 0 bridgehead atoms. The summed E-state index contributed by atoms with van der Waals surface area (Å²) < 4.78 is 24.1. The molecule has 0 aromatic rings. The molecule has 0 N–H and O–H groups in total. The lowest BCUT2D eigenvalue weighted by molar-refractivity contribution is 0.169. The molecule has 1 saturated heterocycles. The molecule has 0 aliphatic carbocycles. The van der Waals surface area contributed by atoms with Gasteiger partial charge in [0, 0.05) is 13.1 Å². The number of carbonyl (C=O) groups excluding carboxylic acids is 2. The average molecular weight is 269 g/mol. The zero-order valence-corrected chi connectivity index (χ0v) is 10.4. The van der Waals surface area contributed by atoms with Crippen molar-refractivity contribution in [3.63, 3.8) is 0 Å². The lowest BCUT2D eigenvalue weighted by atomic mass is 10.3. The molecule has 1 fully saturated rings. The van der Waals surface area contributed by atoms with Crippen LogP contribution in [0.5, 0.6) is 0 Å². The quantitative estimate of drug-likeness (QED) is 0.570. The van der Waals surface area contributed by atoms with Crippen molar-refractivity contribution in [1.82, 2.24) is 9.21 Å². The molecule has 1 rings (SSSR count). The van der Waals surface area contributed by atoms with Crippen molar-refractivity contribution in [2.24, 2.45) is 0 Å². The van der Waals surface area contributed by atoms with Crippen LogP contribution < -0.4 is 0 Å². The summed E-state index contributed by atoms with van der Waals surface area (Å²) >= 11 is 5.19. The number of hydrogen-bond acceptors (Lipinski definition) is 4. The summed E-state index contributed by atoms with van der Waals surface area (Å²) in [6.07, 6.45) is 0.827. The van der Waals surface area contributed by atoms with Crippen LogP contribution in [0.1, 0.15) is 19.8 Å². The van der Waals surface area contributed by atoms with Gasteiger partial charge in [0.2, 0.25) is 10.0 Å². The molecule has 16 heavy (non-hydrogen) atoms. The van der Waals surface area contributed by atoms with Crippen molar-refractivity contribution in [3.8, 4) is 0 Å². The predicted octanol–water partition coefficient (Wildman–Crippen LogP) is 1.21. The van der Waals surface area contributed by atoms with Crippen LogP contribution in [-0.2, 0) is 10.0 Å². The Morgan fingerprint density at radius 1 is 1.44 bits per heavy atom. The van der Waals surface area contributed by atoms with E-state index >= 15 is 0 Å². The molecular weight excluding hydrogens is 256 g/mol. The molecule has 0 saturated carbocycles. The van der Waals surface area contributed by atoms with Gasteiger partial charge in [0.05, 0.1) is 5.75 Å². The van der Waals surface area contributed by atoms with Gasteiger partial charge in [0.1, 0.15) is 0 Å². The molecule has 0 aromatic carbocycles. The summed E-state index contributed by atoms with van der Waals surface area (Å²) in [5.74, 6) is -0.108. The SMILES string of the molecule is CCCS(=O)(=O)N1CCCN(C(=O)Cl)C1=O. The zero-order chi connectivity index (χ0) is 12.3. The fourth-order valence-electron chi connectivity index (χ4n) is 1.49. The number of halogens is 1. The lowest BCUT2D eigenvalue weighted by Gasteiger charge is -2.32. The molecule has 1 heterocycles. The monoisotopic (exact) mass is 268 g/mol. The molecular formula is C8H13ClN2O4S. The first-order chi connectivity index (χ1) is 7.40. The molecule has 3 amide bonds. The van der Waals surface area contributed by atoms with Gasteiger partial charge in [0.15, 0.2) is 0 Å². The molecule has 92 valence electrons. The second kappa shape index (κ2) is 5.01. The van der Waals surface area contributed by atoms with E-state index in [0.29, 0.717) is 12.8 Å². The Hall–Kier alpha value is -0.820. The summed E-state index contributed by atoms with van der Waals surface area (Å²) in [5, 5.41) is -0.943. The third-order valence-electron chi connectivity index (χ3n) is 2.20. The van der Waals surface area contributed by atoms with Crippen molar-refractivity contribution < 1.29 is 18.0 Å². The number of hydrogen-bond donors (Lipinski definition) is 0. The maximum Gasteiger partial charge on any atom is 0.341 e. The fourth-order valence-corrected chi connectivity index (χ4v) is 3.12. The van der Waals surface area contributed by atoms with Crippen LogP contribution in [0.25, 0.3) is 0 Å². The molecule has 1 aliphatic rings. The van der Waals surface area contributed by atoms with Crippen molar-refractivity contribution in [3.05, 3.63) is 0 Å². The molecule has 1 aliphatic heterocycles. The third-order valence-corrected chi connectivity index (χ3v) is 4.34. The van der Waals surface area contributed by atoms with E-state index in [0.717, 1.165) is 9.21 Å². The number of imide groups is 1. The predicted molar refractivity (Wildman–Crippen MR) is 58.8 cm³/mol. The highest BCUT2D eigenvalue weighted by atomic mass is 35.5. The van der Waals surface area contributed by atoms with E-state index in [1.807, 2.05) is 0 Å². The number of rotatable bonds is 3. The molecule has 0 atom stereocenters. The van der Waals surface area contributed by atoms with E-state index in [1.165, 1.54) is 0 Å². The van der Waals surface area contributed by atoms with E-state index in [1.54, 1.807) is 6.92 Å². The smallest absolute Gasteiger partial charge is 0.255 e. The lowest BCUT2D eigenvalue weighted by Crippen LogP contribution is -2.52. The van der Waals surface area contributed by atoms with Crippen LogP contribution in [0.4, 0.5) is 9.59 Å². The van der Waals surface area contributed by atoms with Gasteiger partial charge in [-0.3, -0.25) is 4.79 Å². The minimum absolute atomic E-state index is 0.108. The standard InChI is InChI=1S/C8H13ClN2O4S/c1-2-6-16(14,15)11-5-3-4-10(7(9)12)8(11)13/h2-6H2,1H3. The maximum absolute atomic E-state index is 11.7. The first kappa shape index (κ1) is 13.2. The Balaban J connectivity index is 2.90. The Bertz CT molecular complexity index is 395. The van der Waals surface area contributed by atoms with Gasteiger partial charge in [-0.15, -0.1) is 0 Å². The van der Waals surface area contributed by atoms with Crippen LogP contribution in [0, 0.1) is 0 Å². The van der Waals surface area contributed by atoms with Gasteiger partial charge in [-0.25, -0.2) is 22.4 Å². The highest BCUT2D eigenvalue weighted by molar-refractivity contribution is 7.89. The highest BCUT2D eigenvalue weighted by Gasteiger charge is 2.36. The van der Waals surface area contributed by atoms with E-state index in [9.17, 15) is 18.0 Å². The normalized spacial score (nSPS) is 17.8. The Morgan fingerprint density at radius 2 is 2.06 bits per heavy atom. The van der Waals surface area contributed by atoms with Crippen LogP contribution in [0.3, 0.4) is 0 Å². The molecule has 0 aromatic heterocycles. The van der Waals surface area contributed by atoms with E-state index in [4.69, 9.17) is 11.6 Å². The number of amides is 3. The highest BCUT2D eigenvalue weighted by Crippen LogP contribution is 2.16. The number of sulfonamides is 1. The van der Waals surface area contributed by atoms with E-state index in [-0.39, 0.29) is 18.8 Å². The minimum Gasteiger partial charge on any atom is -0.255 e. The number of nitrogens with zero attached hydrogens (tertiary/aromatic N) is 2. The number of carbonyl (C=O) groups is 2. The Kier molecular flexibility index (Phi) is 4.15. The molecule has 6 nitrogen and oxygen atoms in total. The third kappa shape index (κ3) is 2.65. The molecule has 0 spiro atoms. The van der Waals surface area contributed by atoms with Crippen LogP contribution in [0.2, 0.25) is 0 Å². The average Bonchev–Trinajstić information content (AvgIpc) is 2.17. The van der Waals surface area contributed by atoms with Gasteiger partial charge in [-0.1, -0.05) is 6.92 Å². The second-order valence-corrected chi connectivity index (χ2v) is 5.77. The molecule has 0 unspecified atom stereocenters. The molecule has 8 heteroatoms. The van der Waals surface area contributed by atoms with E-state index < -0.39 is 21.4 Å². The summed E-state index contributed by atoms with van der Waals surface area (Å²) in [4.78, 5) is 23.3. The van der Waals surface area contributed by atoms with Gasteiger partial charge in [-0.2, -0.15) is 0 Å². The topological polar surface area (TPSA) is 74.8 Å². The minimum atomic E-state index is -3.62. The summed E-state index contributed by atoms with van der Waals surface area (Å²) in [7, 11) is -3.62. The second-order valence-electron chi connectivity index (χ2n) is 3.43. The van der Waals surface area contributed by atoms with Gasteiger partial charge >= 0.3 is 11.4 Å². The van der Waals surface area contributed by atoms with Gasteiger partial charge < -0.3 is 0 Å². The van der Waals surface area contributed by atoms with Gasteiger partial charge in [-0.05, 0) is 24.4 Å². The van der Waals surface area contributed by atoms with Crippen LogP contribution in [-0.4, -0.2) is 47.9 Å². The van der Waals surface area contributed by atoms with E-state index in [2.05, 4.69) is 0 Å². The van der Waals surface area contributed by atoms with Gasteiger partial charge in [0.25, 0.3) is 0 Å². The van der Waals surface area contributed by atoms with Crippen molar-refractivity contribution >= 4 is 33.0 Å². The van der Waals surface area contributed by atoms with Crippen LogP contribution in [0.15, 0.2) is 0 Å². The number of urea groups is 1. The van der Waals surface area contributed by atoms with Crippen molar-refractivity contribution in [1.29, 1.82) is 0 Å². The largest absolute Gasteiger partial charge is 0.341 e. The first-order valence-electron chi connectivity index (χ1n) is 4.91. The summed E-state index contributed by atoms with van der Waals surface area (Å²) in [6.45, 7) is 1.98. The maximum atomic E-state index is 11.7. The van der Waals surface area contributed by atoms with Crippen molar-refractivity contribution in [2.45, 2.75) is 19.8 Å². The van der Waals surface area contributed by atoms with Crippen LogP contribution >= 0.6 is 11.6 Å². The Morgan fingerprint density at radius 3 is 2.56 bits per heavy atom. The first-order valence-corrected chi connectivity index (χ1v) is 6.90. The fraction of sp³-hybridized carbons (Fsp3) is 0.750. The summed E-state index contributed by atoms with van der Waals surface area (Å²) in [6, 6.07) is -0.847. The summed E-state index contributed by atoms with van der Waals surface area (Å²) in [5.41, 5.74) is 0. The molecule has 0 radical (unpaired) electrons. The van der Waals surface area contributed by atoms with Crippen molar-refractivity contribution in [2.75, 3.05) is 18.8 Å². The Labute approximate surface area is 99.2 Å². The zero-order valence-electron chi connectivity index (χ0n) is 8.85.